The summed E-state index contributed by atoms with van der Waals surface area (Å²) in [4.78, 5) is 12.3. The number of carboxylic acid groups (broad SMARTS) is 1. The van der Waals surface area contributed by atoms with Crippen molar-refractivity contribution in [3.05, 3.63) is 242 Å². The first-order chi connectivity index (χ1) is 35.4. The van der Waals surface area contributed by atoms with Crippen molar-refractivity contribution in [1.82, 2.24) is 0 Å². The molecule has 0 aliphatic heterocycles. The summed E-state index contributed by atoms with van der Waals surface area (Å²) in [5.41, 5.74) is -3.95. The minimum atomic E-state index is -3.17. The number of benzene rings is 8. The van der Waals surface area contributed by atoms with E-state index in [2.05, 4.69) is 105 Å². The molecule has 0 N–H and O–H groups in total. The highest BCUT2D eigenvalue weighted by molar-refractivity contribution is 5.99. The van der Waals surface area contributed by atoms with E-state index in [0.717, 1.165) is 0 Å². The topological polar surface area (TPSA) is 67.8 Å². The highest BCUT2D eigenvalue weighted by Crippen LogP contribution is 2.55. The van der Waals surface area contributed by atoms with Gasteiger partial charge in [-0.3, -0.25) is 0 Å². The Bertz CT molecular complexity index is 3360. The summed E-state index contributed by atoms with van der Waals surface area (Å²) in [5.74, 6) is -80.0. The van der Waals surface area contributed by atoms with Crippen LogP contribution in [0.5, 0.6) is 34.5 Å². The lowest BCUT2D eigenvalue weighted by molar-refractivity contribution is -0.255. The summed E-state index contributed by atoms with van der Waals surface area (Å²) in [6.07, 6.45) is 0. The van der Waals surface area contributed by atoms with Crippen LogP contribution < -0.4 is 19.3 Å². The van der Waals surface area contributed by atoms with Gasteiger partial charge in [-0.1, -0.05) is 18.2 Å². The average molecular weight is 1080 g/mol. The normalized spacial score (nSPS) is 11.0. The quantitative estimate of drug-likeness (QED) is 0.0424. The Hall–Kier alpha value is -8.90. The summed E-state index contributed by atoms with van der Waals surface area (Å²) in [5, 5.41) is 12.3. The lowest BCUT2D eigenvalue weighted by atomic mass is 9.85. The molecular weight excluding hydrogens is 1060 g/mol. The van der Waals surface area contributed by atoms with Crippen molar-refractivity contribution in [2.45, 2.75) is 0 Å². The van der Waals surface area contributed by atoms with Crippen LogP contribution in [0.4, 0.5) is 87.8 Å². The van der Waals surface area contributed by atoms with E-state index in [-0.39, 0.29) is 0 Å². The van der Waals surface area contributed by atoms with Gasteiger partial charge in [0.05, 0.1) is 34.1 Å². The van der Waals surface area contributed by atoms with Crippen LogP contribution in [0.2, 0.25) is 0 Å². The molecule has 0 atom stereocenters. The maximum atomic E-state index is 15.2. The number of rotatable bonds is 11. The first-order valence-corrected chi connectivity index (χ1v) is 20.0. The first-order valence-electron chi connectivity index (χ1n) is 20.0. The van der Waals surface area contributed by atoms with Crippen molar-refractivity contribution in [3.63, 3.8) is 0 Å². The molecule has 0 amide bonds. The third kappa shape index (κ3) is 9.74. The number of hydrogen-bond acceptors (Lipinski definition) is 5. The smallest absolute Gasteiger partial charge is 0.213 e. The summed E-state index contributed by atoms with van der Waals surface area (Å²) >= 11 is 0. The number of carbonyl (C=O) groups is 1. The lowest BCUT2D eigenvalue weighted by Crippen LogP contribution is -2.24. The number of carbonyl (C=O) groups excluding carboxylic acids is 1. The summed E-state index contributed by atoms with van der Waals surface area (Å²) in [6.45, 7) is 0. The highest BCUT2D eigenvalue weighted by Gasteiger charge is 2.39. The van der Waals surface area contributed by atoms with Crippen LogP contribution in [-0.4, -0.2) is 5.97 Å². The van der Waals surface area contributed by atoms with Crippen LogP contribution in [-0.2, 0) is 0 Å². The third-order valence-electron chi connectivity index (χ3n) is 10.2. The fraction of sp³-hybridized carbons (Fsp3) is 0. The molecule has 386 valence electrons. The molecule has 75 heavy (non-hydrogen) atoms. The molecule has 0 radical (unpaired) electrons. The maximum Gasteiger partial charge on any atom is 0.213 e. The predicted molar refractivity (Wildman–Crippen MR) is 215 cm³/mol. The van der Waals surface area contributed by atoms with Gasteiger partial charge < -0.3 is 24.1 Å². The van der Waals surface area contributed by atoms with Crippen LogP contribution in [0.1, 0.15) is 27.0 Å². The molecule has 5 nitrogen and oxygen atoms in total. The number of ether oxygens (including phenoxy) is 3. The van der Waals surface area contributed by atoms with E-state index >= 15 is 8.78 Å². The Morgan fingerprint density at radius 3 is 0.853 bits per heavy atom. The molecular formula is C50H16F20O5. The molecule has 0 saturated heterocycles. The van der Waals surface area contributed by atoms with Gasteiger partial charge in [-0.25, -0.2) is 61.5 Å². The van der Waals surface area contributed by atoms with E-state index < -0.39 is 180 Å². The second-order valence-electron chi connectivity index (χ2n) is 14.7. The molecule has 0 unspecified atom stereocenters. The van der Waals surface area contributed by atoms with E-state index in [1.165, 1.54) is 22.6 Å². The number of carboxylic acids is 1. The van der Waals surface area contributed by atoms with Crippen molar-refractivity contribution in [2.24, 2.45) is 0 Å². The fourth-order valence-electron chi connectivity index (χ4n) is 6.77. The molecule has 0 bridgehead atoms. The number of halogens is 20. The molecule has 0 aliphatic rings. The highest BCUT2D eigenvalue weighted by atomic mass is 19.2. The third-order valence-corrected chi connectivity index (χ3v) is 10.2. The van der Waals surface area contributed by atoms with Crippen molar-refractivity contribution < 1.29 is 112 Å². The van der Waals surface area contributed by atoms with Crippen LogP contribution in [0.15, 0.2) is 97.1 Å². The molecule has 0 aromatic heterocycles. The Balaban J connectivity index is 0.000000358. The van der Waals surface area contributed by atoms with Crippen LogP contribution in [0.3, 0.4) is 0 Å². The minimum Gasteiger partial charge on any atom is -0.545 e. The number of aromatic carboxylic acids is 1. The van der Waals surface area contributed by atoms with Gasteiger partial charge in [0.15, 0.2) is 34.8 Å². The summed E-state index contributed by atoms with van der Waals surface area (Å²) < 4.78 is 302. The maximum absolute atomic E-state index is 15.2. The largest absolute Gasteiger partial charge is 0.545 e. The Kier molecular flexibility index (Phi) is 15.3. The van der Waals surface area contributed by atoms with Gasteiger partial charge >= 0.3 is 0 Å². The SMILES string of the molecule is O=C([O-])c1cc(Oc2c(F)c(F)c(F)c(F)c2F)c(Oc2c(F)c(F)c(F)c(F)c2F)c(Oc2c(F)c(F)c(F)c(F)c2F)c1-c1c(F)c(F)c(F)c(F)c1F.c1ccc([C+](c2ccccc2)c2ccccc2)cc1. The van der Waals surface area contributed by atoms with Crippen LogP contribution in [0, 0.1) is 122 Å². The molecule has 0 aliphatic carbocycles. The van der Waals surface area contributed by atoms with E-state index in [9.17, 15) is 88.9 Å². The van der Waals surface area contributed by atoms with Crippen molar-refractivity contribution in [3.8, 4) is 45.6 Å². The standard InChI is InChI=1S/C31H2F20O5.C19H15/c32-6-5(7(33)9(35)10(36)8(6)34)4-2(31(52)53)1-3(54-28-20(46)14(40)11(37)15(41)21(28)47)26(55-29-22(48)16(42)12(38)17(43)23(29)49)27(4)56-30-24(50)18(44)13(39)19(45)25(30)51;1-4-10-16(11-5-1)19(17-12-6-2-7-13-17)18-14-8-3-9-15-18/h1H,(H,52,53);1-15H/q;+1/p-1. The summed E-state index contributed by atoms with van der Waals surface area (Å²) in [7, 11) is 0. The van der Waals surface area contributed by atoms with E-state index in [1.807, 2.05) is 0 Å². The molecule has 8 aromatic rings. The molecule has 0 fully saturated rings. The predicted octanol–water partition coefficient (Wildman–Crippen LogP) is 14.6. The zero-order valence-corrected chi connectivity index (χ0v) is 35.8. The number of hydrogen-bond donors (Lipinski definition) is 0. The molecule has 0 spiro atoms. The summed E-state index contributed by atoms with van der Waals surface area (Å²) in [6, 6.07) is 31.0. The first kappa shape index (κ1) is 53.9. The van der Waals surface area contributed by atoms with Gasteiger partial charge in [-0.2, -0.15) is 26.3 Å². The molecule has 0 heterocycles. The fourth-order valence-corrected chi connectivity index (χ4v) is 6.77. The van der Waals surface area contributed by atoms with Crippen molar-refractivity contribution in [1.29, 1.82) is 0 Å². The second kappa shape index (κ2) is 21.3. The van der Waals surface area contributed by atoms with Gasteiger partial charge in [0.25, 0.3) is 0 Å². The van der Waals surface area contributed by atoms with E-state index in [1.54, 1.807) is 0 Å². The van der Waals surface area contributed by atoms with Gasteiger partial charge in [0, 0.05) is 11.1 Å². The zero-order valence-electron chi connectivity index (χ0n) is 35.8. The van der Waals surface area contributed by atoms with Crippen molar-refractivity contribution in [2.75, 3.05) is 0 Å². The zero-order chi connectivity index (χ0) is 55.1. The molecule has 8 rings (SSSR count). The molecule has 25 heteroatoms. The van der Waals surface area contributed by atoms with Gasteiger partial charge in [-0.15, -0.1) is 0 Å². The second-order valence-corrected chi connectivity index (χ2v) is 14.7. The van der Waals surface area contributed by atoms with Gasteiger partial charge in [0.2, 0.25) is 116 Å². The Morgan fingerprint density at radius 2 is 0.560 bits per heavy atom. The van der Waals surface area contributed by atoms with Crippen LogP contribution >= 0.6 is 0 Å². The molecule has 0 saturated carbocycles. The Labute approximate surface area is 404 Å². The van der Waals surface area contributed by atoms with Gasteiger partial charge in [-0.05, 0) is 78.9 Å². The Morgan fingerprint density at radius 1 is 0.307 bits per heavy atom. The van der Waals surface area contributed by atoms with E-state index in [0.29, 0.717) is 0 Å². The van der Waals surface area contributed by atoms with E-state index in [4.69, 9.17) is 0 Å². The lowest BCUT2D eigenvalue weighted by Gasteiger charge is -2.24. The van der Waals surface area contributed by atoms with Crippen LogP contribution in [0.25, 0.3) is 11.1 Å². The monoisotopic (exact) mass is 1080 g/mol. The van der Waals surface area contributed by atoms with Gasteiger partial charge in [0.1, 0.15) is 0 Å². The average Bonchev–Trinajstić information content (AvgIpc) is 3.41. The van der Waals surface area contributed by atoms with Crippen molar-refractivity contribution >= 4 is 5.97 Å². The molecule has 8 aromatic carbocycles. The minimum absolute atomic E-state index is 0.659.